The summed E-state index contributed by atoms with van der Waals surface area (Å²) in [6, 6.07) is 27.0. The number of halogens is 1. The quantitative estimate of drug-likeness (QED) is 0.266. The van der Waals surface area contributed by atoms with Crippen LogP contribution in [0, 0.1) is 5.82 Å². The van der Waals surface area contributed by atoms with Crippen molar-refractivity contribution < 1.29 is 31.9 Å². The number of rotatable bonds is 9. The number of amides is 1. The van der Waals surface area contributed by atoms with Crippen LogP contribution in [-0.4, -0.2) is 37.8 Å². The number of para-hydroxylation sites is 1. The van der Waals surface area contributed by atoms with Gasteiger partial charge < -0.3 is 14.8 Å². The molecule has 0 aromatic heterocycles. The molecule has 1 unspecified atom stereocenters. The van der Waals surface area contributed by atoms with E-state index in [1.165, 1.54) is 16.4 Å². The Bertz CT molecular complexity index is 1640. The van der Waals surface area contributed by atoms with E-state index in [0.717, 1.165) is 17.7 Å². The second-order valence-corrected chi connectivity index (χ2v) is 11.3. The molecule has 1 aliphatic heterocycles. The van der Waals surface area contributed by atoms with Gasteiger partial charge in [0.05, 0.1) is 17.4 Å². The molecule has 1 amide bonds. The lowest BCUT2D eigenvalue weighted by atomic mass is 9.92. The van der Waals surface area contributed by atoms with E-state index in [-0.39, 0.29) is 17.9 Å². The lowest BCUT2D eigenvalue weighted by Crippen LogP contribution is -2.41. The summed E-state index contributed by atoms with van der Waals surface area (Å²) in [6.07, 6.45) is 0.155. The number of hydrogen-bond acceptors (Lipinski definition) is 6. The Hall–Kier alpha value is -4.54. The Morgan fingerprint density at radius 2 is 1.59 bits per heavy atom. The summed E-state index contributed by atoms with van der Waals surface area (Å²) in [5.41, 5.74) is 2.06. The van der Waals surface area contributed by atoms with Crippen LogP contribution in [0.4, 0.5) is 10.1 Å². The molecule has 1 heterocycles. The molecule has 210 valence electrons. The monoisotopic (exact) mass is 574 g/mol. The number of nitrogens with zero attached hydrogens (tertiary/aromatic N) is 1. The second kappa shape index (κ2) is 12.3. The van der Waals surface area contributed by atoms with E-state index in [4.69, 9.17) is 9.47 Å². The third-order valence-corrected chi connectivity index (χ3v) is 8.53. The number of nitrogens with one attached hydrogen (secondary N) is 1. The molecule has 4 aromatic rings. The predicted molar refractivity (Wildman–Crippen MR) is 150 cm³/mol. The Morgan fingerprint density at radius 1 is 0.878 bits per heavy atom. The standard InChI is InChI=1S/C31H27FN2O6S/c32-23-13-15-27(16-14-23)41(37,38)34-18-17-22-7-4-5-12-28(22)29(34)20-31(36)39-21-30(35)33-24-8-6-11-26(19-24)40-25-9-2-1-3-10-25/h1-16,19,29H,17-18,20-21H2,(H,33,35). The highest BCUT2D eigenvalue weighted by molar-refractivity contribution is 7.89. The Balaban J connectivity index is 1.24. The van der Waals surface area contributed by atoms with Crippen LogP contribution in [0.15, 0.2) is 108 Å². The van der Waals surface area contributed by atoms with Crippen molar-refractivity contribution >= 4 is 27.6 Å². The van der Waals surface area contributed by atoms with Crippen molar-refractivity contribution in [2.75, 3.05) is 18.5 Å². The van der Waals surface area contributed by atoms with E-state index in [0.29, 0.717) is 29.2 Å². The topological polar surface area (TPSA) is 102 Å². The van der Waals surface area contributed by atoms with Crippen molar-refractivity contribution in [3.63, 3.8) is 0 Å². The SMILES string of the molecule is O=C(COC(=O)CC1c2ccccc2CCN1S(=O)(=O)c1ccc(F)cc1)Nc1cccc(Oc2ccccc2)c1. The van der Waals surface area contributed by atoms with Crippen LogP contribution in [0.1, 0.15) is 23.6 Å². The first kappa shape index (κ1) is 28.0. The minimum absolute atomic E-state index is 0.0745. The highest BCUT2D eigenvalue weighted by Gasteiger charge is 2.38. The predicted octanol–water partition coefficient (Wildman–Crippen LogP) is 5.48. The van der Waals surface area contributed by atoms with Crippen LogP contribution in [0.3, 0.4) is 0 Å². The van der Waals surface area contributed by atoms with Gasteiger partial charge in [-0.3, -0.25) is 9.59 Å². The van der Waals surface area contributed by atoms with Gasteiger partial charge in [-0.05, 0) is 66.1 Å². The van der Waals surface area contributed by atoms with Crippen molar-refractivity contribution in [3.05, 3.63) is 120 Å². The molecule has 0 saturated heterocycles. The number of carbonyl (C=O) groups is 2. The van der Waals surface area contributed by atoms with Crippen molar-refractivity contribution in [1.29, 1.82) is 0 Å². The van der Waals surface area contributed by atoms with E-state index in [1.54, 1.807) is 48.5 Å². The summed E-state index contributed by atoms with van der Waals surface area (Å²) in [4.78, 5) is 25.4. The normalized spacial score (nSPS) is 15.0. The van der Waals surface area contributed by atoms with E-state index < -0.39 is 40.4 Å². The molecule has 0 spiro atoms. The number of carbonyl (C=O) groups excluding carboxylic acids is 2. The Kier molecular flexibility index (Phi) is 8.42. The first-order valence-corrected chi connectivity index (χ1v) is 14.4. The van der Waals surface area contributed by atoms with Crippen LogP contribution in [-0.2, 0) is 30.8 Å². The fourth-order valence-corrected chi connectivity index (χ4v) is 6.30. The molecule has 0 saturated carbocycles. The van der Waals surface area contributed by atoms with Crippen molar-refractivity contribution in [1.82, 2.24) is 4.31 Å². The van der Waals surface area contributed by atoms with Crippen molar-refractivity contribution in [2.24, 2.45) is 0 Å². The maximum atomic E-state index is 13.5. The molecule has 4 aromatic carbocycles. The van der Waals surface area contributed by atoms with E-state index in [2.05, 4.69) is 5.32 Å². The zero-order chi connectivity index (χ0) is 28.8. The maximum Gasteiger partial charge on any atom is 0.308 e. The van der Waals surface area contributed by atoms with Gasteiger partial charge in [0.15, 0.2) is 6.61 Å². The molecule has 1 N–H and O–H groups in total. The fourth-order valence-electron chi connectivity index (χ4n) is 4.69. The molecule has 8 nitrogen and oxygen atoms in total. The molecule has 41 heavy (non-hydrogen) atoms. The van der Waals surface area contributed by atoms with Gasteiger partial charge in [-0.25, -0.2) is 12.8 Å². The van der Waals surface area contributed by atoms with Crippen LogP contribution < -0.4 is 10.1 Å². The van der Waals surface area contributed by atoms with Gasteiger partial charge in [0.1, 0.15) is 17.3 Å². The molecule has 5 rings (SSSR count). The van der Waals surface area contributed by atoms with Gasteiger partial charge >= 0.3 is 5.97 Å². The number of ether oxygens (including phenoxy) is 2. The van der Waals surface area contributed by atoms with Crippen LogP contribution >= 0.6 is 0 Å². The summed E-state index contributed by atoms with van der Waals surface area (Å²) < 4.78 is 52.7. The number of anilines is 1. The summed E-state index contributed by atoms with van der Waals surface area (Å²) in [5.74, 6) is -0.687. The largest absolute Gasteiger partial charge is 0.457 e. The number of esters is 1. The van der Waals surface area contributed by atoms with E-state index in [9.17, 15) is 22.4 Å². The van der Waals surface area contributed by atoms with Crippen LogP contribution in [0.5, 0.6) is 11.5 Å². The van der Waals surface area contributed by atoms with Gasteiger partial charge in [0.25, 0.3) is 5.91 Å². The summed E-state index contributed by atoms with van der Waals surface area (Å²) in [7, 11) is -4.05. The van der Waals surface area contributed by atoms with Crippen LogP contribution in [0.2, 0.25) is 0 Å². The number of benzene rings is 4. The van der Waals surface area contributed by atoms with Crippen molar-refractivity contribution in [3.8, 4) is 11.5 Å². The molecular formula is C31H27FN2O6S. The van der Waals surface area contributed by atoms with Crippen LogP contribution in [0.25, 0.3) is 0 Å². The minimum atomic E-state index is -4.05. The first-order valence-electron chi connectivity index (χ1n) is 12.9. The highest BCUT2D eigenvalue weighted by Crippen LogP contribution is 2.36. The summed E-state index contributed by atoms with van der Waals surface area (Å²) in [5, 5.41) is 2.67. The third kappa shape index (κ3) is 6.79. The molecule has 10 heteroatoms. The Labute approximate surface area is 237 Å². The number of hydrogen-bond donors (Lipinski definition) is 1. The van der Waals surface area contributed by atoms with Gasteiger partial charge in [0, 0.05) is 18.3 Å². The van der Waals surface area contributed by atoms with E-state index in [1.807, 2.05) is 30.3 Å². The fraction of sp³-hybridized carbons (Fsp3) is 0.161. The lowest BCUT2D eigenvalue weighted by molar-refractivity contribution is -0.148. The molecular weight excluding hydrogens is 547 g/mol. The maximum absolute atomic E-state index is 13.5. The minimum Gasteiger partial charge on any atom is -0.457 e. The number of sulfonamides is 1. The third-order valence-electron chi connectivity index (χ3n) is 6.60. The molecule has 1 atom stereocenters. The Morgan fingerprint density at radius 3 is 2.37 bits per heavy atom. The zero-order valence-corrected chi connectivity index (χ0v) is 22.7. The van der Waals surface area contributed by atoms with Gasteiger partial charge in [-0.1, -0.05) is 48.5 Å². The van der Waals surface area contributed by atoms with Gasteiger partial charge in [-0.15, -0.1) is 0 Å². The average molecular weight is 575 g/mol. The van der Waals surface area contributed by atoms with Gasteiger partial charge in [-0.2, -0.15) is 4.31 Å². The molecule has 0 bridgehead atoms. The summed E-state index contributed by atoms with van der Waals surface area (Å²) >= 11 is 0. The van der Waals surface area contributed by atoms with E-state index >= 15 is 0 Å². The molecule has 0 radical (unpaired) electrons. The van der Waals surface area contributed by atoms with Crippen molar-refractivity contribution in [2.45, 2.75) is 23.8 Å². The number of fused-ring (bicyclic) bond motifs is 1. The lowest BCUT2D eigenvalue weighted by Gasteiger charge is -2.36. The zero-order valence-electron chi connectivity index (χ0n) is 21.9. The van der Waals surface area contributed by atoms with Gasteiger partial charge in [0.2, 0.25) is 10.0 Å². The summed E-state index contributed by atoms with van der Waals surface area (Å²) in [6.45, 7) is -0.418. The molecule has 0 fully saturated rings. The smallest absolute Gasteiger partial charge is 0.308 e. The first-order chi connectivity index (χ1) is 19.8. The average Bonchev–Trinajstić information content (AvgIpc) is 2.97. The molecule has 0 aliphatic carbocycles. The highest BCUT2D eigenvalue weighted by atomic mass is 32.2. The second-order valence-electron chi connectivity index (χ2n) is 9.39. The molecule has 1 aliphatic rings.